The van der Waals surface area contributed by atoms with Gasteiger partial charge in [0.2, 0.25) is 5.91 Å². The fourth-order valence-electron chi connectivity index (χ4n) is 3.17. The summed E-state index contributed by atoms with van der Waals surface area (Å²) in [6.07, 6.45) is 4.50. The molecule has 7 heteroatoms. The lowest BCUT2D eigenvalue weighted by molar-refractivity contribution is -0.116. The van der Waals surface area contributed by atoms with Crippen LogP contribution in [-0.4, -0.2) is 19.9 Å². The lowest BCUT2D eigenvalue weighted by Gasteiger charge is -2.14. The molecule has 0 saturated carbocycles. The second-order valence-electron chi connectivity index (χ2n) is 6.52. The summed E-state index contributed by atoms with van der Waals surface area (Å²) in [7, 11) is 0. The zero-order valence-electron chi connectivity index (χ0n) is 15.7. The smallest absolute Gasteiger partial charge is 0.267 e. The van der Waals surface area contributed by atoms with Crippen LogP contribution in [0.4, 0.5) is 0 Å². The van der Waals surface area contributed by atoms with E-state index in [9.17, 15) is 14.9 Å². The van der Waals surface area contributed by atoms with Crippen molar-refractivity contribution < 1.29 is 4.79 Å². The number of aromatic nitrogens is 3. The summed E-state index contributed by atoms with van der Waals surface area (Å²) >= 11 is 0. The van der Waals surface area contributed by atoms with E-state index in [1.807, 2.05) is 13.0 Å². The van der Waals surface area contributed by atoms with Gasteiger partial charge in [-0.2, -0.15) is 10.3 Å². The highest BCUT2D eigenvalue weighted by atomic mass is 16.1. The summed E-state index contributed by atoms with van der Waals surface area (Å²) < 4.78 is 3.22. The fourth-order valence-corrected chi connectivity index (χ4v) is 3.17. The van der Waals surface area contributed by atoms with E-state index < -0.39 is 5.91 Å². The van der Waals surface area contributed by atoms with Gasteiger partial charge in [-0.05, 0) is 31.0 Å². The van der Waals surface area contributed by atoms with E-state index in [-0.39, 0.29) is 16.6 Å². The number of nitriles is 1. The van der Waals surface area contributed by atoms with E-state index in [0.717, 1.165) is 24.8 Å². The zero-order chi connectivity index (χ0) is 19.6. The monoisotopic (exact) mass is 363 g/mol. The number of hydrogen-bond acceptors (Lipinski definition) is 4. The third-order valence-corrected chi connectivity index (χ3v) is 4.47. The average molecular weight is 363 g/mol. The molecule has 0 aliphatic carbocycles. The Hall–Kier alpha value is -3.27. The first kappa shape index (κ1) is 18.5. The van der Waals surface area contributed by atoms with Crippen molar-refractivity contribution in [2.45, 2.75) is 46.6 Å². The number of aryl methyl sites for hydroxylation is 2. The van der Waals surface area contributed by atoms with Crippen molar-refractivity contribution in [1.82, 2.24) is 14.0 Å². The van der Waals surface area contributed by atoms with Crippen LogP contribution in [0.3, 0.4) is 0 Å². The van der Waals surface area contributed by atoms with Crippen LogP contribution in [0.1, 0.15) is 44.2 Å². The van der Waals surface area contributed by atoms with E-state index in [4.69, 9.17) is 4.98 Å². The van der Waals surface area contributed by atoms with E-state index in [2.05, 4.69) is 18.0 Å². The normalized spacial score (nSPS) is 11.9. The molecule has 0 fully saturated rings. The van der Waals surface area contributed by atoms with Crippen LogP contribution in [0.15, 0.2) is 34.2 Å². The van der Waals surface area contributed by atoms with Crippen LogP contribution in [0.5, 0.6) is 0 Å². The van der Waals surface area contributed by atoms with Crippen molar-refractivity contribution in [2.24, 2.45) is 4.99 Å². The number of fused-ring (bicyclic) bond motifs is 2. The van der Waals surface area contributed by atoms with Crippen molar-refractivity contribution in [2.75, 3.05) is 0 Å². The van der Waals surface area contributed by atoms with Gasteiger partial charge in [-0.25, -0.2) is 4.98 Å². The summed E-state index contributed by atoms with van der Waals surface area (Å²) in [4.78, 5) is 33.4. The van der Waals surface area contributed by atoms with E-state index in [0.29, 0.717) is 23.2 Å². The highest BCUT2D eigenvalue weighted by Gasteiger charge is 2.15. The molecule has 3 aromatic heterocycles. The Morgan fingerprint density at radius 2 is 2.11 bits per heavy atom. The molecule has 0 N–H and O–H groups in total. The topological polar surface area (TPSA) is 92.5 Å². The largest absolute Gasteiger partial charge is 0.309 e. The van der Waals surface area contributed by atoms with Crippen LogP contribution in [0, 0.1) is 18.3 Å². The van der Waals surface area contributed by atoms with Crippen LogP contribution >= 0.6 is 0 Å². The minimum absolute atomic E-state index is 0.195. The zero-order valence-corrected chi connectivity index (χ0v) is 15.7. The number of rotatable bonds is 4. The van der Waals surface area contributed by atoms with Gasteiger partial charge in [-0.1, -0.05) is 25.8 Å². The molecular formula is C20H21N5O2. The van der Waals surface area contributed by atoms with Crippen molar-refractivity contribution in [3.63, 3.8) is 0 Å². The van der Waals surface area contributed by atoms with Gasteiger partial charge in [-0.3, -0.25) is 14.0 Å². The van der Waals surface area contributed by atoms with Gasteiger partial charge in [0.1, 0.15) is 17.4 Å². The Morgan fingerprint density at radius 1 is 1.33 bits per heavy atom. The minimum Gasteiger partial charge on any atom is -0.309 e. The first-order chi connectivity index (χ1) is 13.0. The Labute approximate surface area is 156 Å². The van der Waals surface area contributed by atoms with Crippen LogP contribution < -0.4 is 11.0 Å². The lowest BCUT2D eigenvalue weighted by atomic mass is 10.2. The SMILES string of the molecule is CCCCCn1c(=NC(C)=O)c(C#N)cc2c(=O)n3cccc(C)c3nc21. The maximum absolute atomic E-state index is 13.0. The van der Waals surface area contributed by atoms with Crippen LogP contribution in [-0.2, 0) is 11.3 Å². The number of carbonyl (C=O) groups excluding carboxylic acids is 1. The Balaban J connectivity index is 2.51. The Morgan fingerprint density at radius 3 is 2.78 bits per heavy atom. The maximum Gasteiger partial charge on any atom is 0.267 e. The molecule has 7 nitrogen and oxygen atoms in total. The first-order valence-corrected chi connectivity index (χ1v) is 8.98. The molecule has 0 aliphatic heterocycles. The molecule has 3 aromatic rings. The summed E-state index contributed by atoms with van der Waals surface area (Å²) in [5.41, 5.74) is 2.08. The van der Waals surface area contributed by atoms with Gasteiger partial charge in [-0.15, -0.1) is 0 Å². The first-order valence-electron chi connectivity index (χ1n) is 8.98. The van der Waals surface area contributed by atoms with Crippen molar-refractivity contribution in [3.8, 4) is 6.07 Å². The molecule has 0 bridgehead atoms. The molecule has 3 rings (SSSR count). The van der Waals surface area contributed by atoms with E-state index in [1.54, 1.807) is 16.8 Å². The van der Waals surface area contributed by atoms with Gasteiger partial charge in [0, 0.05) is 19.7 Å². The summed E-state index contributed by atoms with van der Waals surface area (Å²) in [5, 5.41) is 9.91. The van der Waals surface area contributed by atoms with Gasteiger partial charge >= 0.3 is 0 Å². The van der Waals surface area contributed by atoms with Gasteiger partial charge in [0.25, 0.3) is 5.56 Å². The summed E-state index contributed by atoms with van der Waals surface area (Å²) in [5.74, 6) is -0.399. The van der Waals surface area contributed by atoms with Crippen LogP contribution in [0.25, 0.3) is 16.7 Å². The quantitative estimate of drug-likeness (QED) is 0.526. The average Bonchev–Trinajstić information content (AvgIpc) is 2.64. The second-order valence-corrected chi connectivity index (χ2v) is 6.52. The molecule has 138 valence electrons. The Bertz CT molecular complexity index is 1210. The number of pyridine rings is 2. The molecule has 0 aromatic carbocycles. The van der Waals surface area contributed by atoms with Gasteiger partial charge in [0.05, 0.1) is 10.9 Å². The third kappa shape index (κ3) is 3.38. The van der Waals surface area contributed by atoms with Crippen LogP contribution in [0.2, 0.25) is 0 Å². The van der Waals surface area contributed by atoms with Crippen molar-refractivity contribution >= 4 is 22.6 Å². The standard InChI is InChI=1S/C20H21N5O2/c1-4-5-6-9-24-18(22-14(3)26)15(12-21)11-16-19(24)23-17-13(2)8-7-10-25(17)20(16)27/h7-8,10-11H,4-6,9H2,1-3H3. The molecule has 1 amide bonds. The molecule has 3 heterocycles. The number of nitrogens with zero attached hydrogens (tertiary/aromatic N) is 5. The van der Waals surface area contributed by atoms with E-state index in [1.165, 1.54) is 17.4 Å². The summed E-state index contributed by atoms with van der Waals surface area (Å²) in [6.45, 7) is 5.85. The van der Waals surface area contributed by atoms with Gasteiger partial charge in [0.15, 0.2) is 5.49 Å². The fraction of sp³-hybridized carbons (Fsp3) is 0.350. The lowest BCUT2D eigenvalue weighted by Crippen LogP contribution is -2.29. The number of unbranched alkanes of at least 4 members (excludes halogenated alkanes) is 2. The molecule has 0 atom stereocenters. The minimum atomic E-state index is -0.399. The van der Waals surface area contributed by atoms with E-state index >= 15 is 0 Å². The van der Waals surface area contributed by atoms with Crippen molar-refractivity contribution in [1.29, 1.82) is 5.26 Å². The molecule has 0 radical (unpaired) electrons. The molecule has 0 aliphatic rings. The number of hydrogen-bond donors (Lipinski definition) is 0. The third-order valence-electron chi connectivity index (χ3n) is 4.47. The maximum atomic E-state index is 13.0. The van der Waals surface area contributed by atoms with Gasteiger partial charge < -0.3 is 4.57 Å². The number of carbonyl (C=O) groups is 1. The predicted octanol–water partition coefficient (Wildman–Crippen LogP) is 2.47. The molecule has 0 spiro atoms. The second kappa shape index (κ2) is 7.54. The van der Waals surface area contributed by atoms with Crippen molar-refractivity contribution in [3.05, 3.63) is 51.4 Å². The summed E-state index contributed by atoms with van der Waals surface area (Å²) in [6, 6.07) is 7.23. The molecular weight excluding hydrogens is 342 g/mol. The predicted molar refractivity (Wildman–Crippen MR) is 102 cm³/mol. The highest BCUT2D eigenvalue weighted by Crippen LogP contribution is 2.13. The highest BCUT2D eigenvalue weighted by molar-refractivity contribution is 5.79. The molecule has 27 heavy (non-hydrogen) atoms. The molecule has 0 unspecified atom stereocenters. The molecule has 0 saturated heterocycles. The number of amides is 1. The Kier molecular flexibility index (Phi) is 5.17.